The summed E-state index contributed by atoms with van der Waals surface area (Å²) in [5, 5.41) is 11.6. The number of benzene rings is 2. The van der Waals surface area contributed by atoms with Crippen LogP contribution >= 0.6 is 11.8 Å². The van der Waals surface area contributed by atoms with Crippen LogP contribution in [0, 0.1) is 5.82 Å². The number of aromatic nitrogens is 3. The van der Waals surface area contributed by atoms with E-state index >= 15 is 0 Å². The van der Waals surface area contributed by atoms with Gasteiger partial charge in [-0.2, -0.15) is 0 Å². The van der Waals surface area contributed by atoms with Crippen molar-refractivity contribution in [2.45, 2.75) is 76.4 Å². The van der Waals surface area contributed by atoms with Crippen molar-refractivity contribution in [2.75, 3.05) is 5.32 Å². The number of amides is 1. The van der Waals surface area contributed by atoms with Crippen LogP contribution in [-0.2, 0) is 4.79 Å². The van der Waals surface area contributed by atoms with Gasteiger partial charge in [0.15, 0.2) is 17.1 Å². The van der Waals surface area contributed by atoms with E-state index in [1.54, 1.807) is 18.2 Å². The van der Waals surface area contributed by atoms with Crippen LogP contribution in [0.4, 0.5) is 10.1 Å². The Morgan fingerprint density at radius 3 is 2.32 bits per heavy atom. The Labute approximate surface area is 205 Å². The van der Waals surface area contributed by atoms with E-state index in [9.17, 15) is 9.18 Å². The number of nitrogens with one attached hydrogen (secondary N) is 1. The molecule has 0 spiro atoms. The second-order valence-corrected chi connectivity index (χ2v) is 9.94. The number of ether oxygens (including phenoxy) is 1. The van der Waals surface area contributed by atoms with Crippen molar-refractivity contribution < 1.29 is 13.9 Å². The summed E-state index contributed by atoms with van der Waals surface area (Å²) in [6, 6.07) is 14.3. The second kappa shape index (κ2) is 11.5. The lowest BCUT2D eigenvalue weighted by Gasteiger charge is -2.20. The van der Waals surface area contributed by atoms with Crippen LogP contribution in [-0.4, -0.2) is 25.9 Å². The summed E-state index contributed by atoms with van der Waals surface area (Å²) in [6.45, 7) is 12.3. The van der Waals surface area contributed by atoms with Crippen molar-refractivity contribution in [3.63, 3.8) is 0 Å². The number of halogens is 1. The molecule has 0 aliphatic carbocycles. The highest BCUT2D eigenvalue weighted by atomic mass is 32.2. The van der Waals surface area contributed by atoms with Crippen LogP contribution in [0.5, 0.6) is 5.75 Å². The van der Waals surface area contributed by atoms with Crippen molar-refractivity contribution >= 4 is 23.4 Å². The van der Waals surface area contributed by atoms with Crippen molar-refractivity contribution in [1.29, 1.82) is 0 Å². The van der Waals surface area contributed by atoms with Crippen LogP contribution in [0.3, 0.4) is 0 Å². The molecule has 1 aromatic heterocycles. The molecule has 2 aromatic carbocycles. The van der Waals surface area contributed by atoms with Gasteiger partial charge in [-0.25, -0.2) is 4.39 Å². The molecule has 2 unspecified atom stereocenters. The van der Waals surface area contributed by atoms with E-state index < -0.39 is 11.1 Å². The van der Waals surface area contributed by atoms with Gasteiger partial charge in [-0.3, -0.25) is 4.79 Å². The lowest BCUT2D eigenvalue weighted by molar-refractivity contribution is -0.115. The zero-order valence-electron chi connectivity index (χ0n) is 20.6. The van der Waals surface area contributed by atoms with Crippen molar-refractivity contribution in [3.05, 3.63) is 65.7 Å². The third-order valence-corrected chi connectivity index (χ3v) is 6.79. The maximum Gasteiger partial charge on any atom is 0.238 e. The summed E-state index contributed by atoms with van der Waals surface area (Å²) < 4.78 is 22.1. The first-order valence-corrected chi connectivity index (χ1v) is 12.5. The van der Waals surface area contributed by atoms with Crippen LogP contribution in [0.25, 0.3) is 0 Å². The monoisotopic (exact) mass is 484 g/mol. The van der Waals surface area contributed by atoms with Gasteiger partial charge in [-0.15, -0.1) is 10.2 Å². The van der Waals surface area contributed by atoms with Crippen LogP contribution in [0.15, 0.2) is 53.7 Å². The predicted molar refractivity (Wildman–Crippen MR) is 135 cm³/mol. The summed E-state index contributed by atoms with van der Waals surface area (Å²) in [4.78, 5) is 12.9. The fourth-order valence-corrected chi connectivity index (χ4v) is 4.64. The molecule has 182 valence electrons. The molecule has 1 N–H and O–H groups in total. The number of nitrogens with zero attached hydrogens (tertiary/aromatic N) is 3. The maximum absolute atomic E-state index is 14.0. The molecule has 0 radical (unpaired) electrons. The zero-order valence-corrected chi connectivity index (χ0v) is 21.4. The van der Waals surface area contributed by atoms with E-state index in [1.165, 1.54) is 23.4 Å². The molecule has 1 heterocycles. The van der Waals surface area contributed by atoms with Gasteiger partial charge in [0, 0.05) is 6.04 Å². The molecule has 8 heteroatoms. The Balaban J connectivity index is 1.76. The summed E-state index contributed by atoms with van der Waals surface area (Å²) in [5.41, 5.74) is 1.42. The number of hydrogen-bond acceptors (Lipinski definition) is 5. The molecule has 0 bridgehead atoms. The van der Waals surface area contributed by atoms with E-state index in [2.05, 4.69) is 41.5 Å². The van der Waals surface area contributed by atoms with Gasteiger partial charge in [-0.1, -0.05) is 56.8 Å². The quantitative estimate of drug-likeness (QED) is 0.322. The Kier molecular flexibility index (Phi) is 8.72. The molecule has 34 heavy (non-hydrogen) atoms. The maximum atomic E-state index is 14.0. The molecule has 2 atom stereocenters. The number of thioether (sulfide) groups is 1. The molecule has 0 aliphatic rings. The number of hydrogen-bond donors (Lipinski definition) is 1. The molecule has 1 amide bonds. The molecular formula is C26H33FN4O2S. The SMILES string of the molecule is CCC(Sc1nnc(C(C)Oc2ccc(C(C)C)cc2)n1C(C)C)C(=O)Nc1ccccc1F. The average Bonchev–Trinajstić information content (AvgIpc) is 3.23. The van der Waals surface area contributed by atoms with Crippen molar-refractivity contribution in [2.24, 2.45) is 0 Å². The molecular weight excluding hydrogens is 451 g/mol. The third-order valence-electron chi connectivity index (χ3n) is 5.47. The highest BCUT2D eigenvalue weighted by molar-refractivity contribution is 8.00. The van der Waals surface area contributed by atoms with E-state index in [0.29, 0.717) is 23.3 Å². The van der Waals surface area contributed by atoms with Gasteiger partial charge in [0.1, 0.15) is 11.6 Å². The van der Waals surface area contributed by atoms with Gasteiger partial charge in [-0.05, 0) is 62.9 Å². The Bertz CT molecular complexity index is 1100. The third kappa shape index (κ3) is 6.17. The second-order valence-electron chi connectivity index (χ2n) is 8.77. The highest BCUT2D eigenvalue weighted by Gasteiger charge is 2.26. The summed E-state index contributed by atoms with van der Waals surface area (Å²) in [6.07, 6.45) is 0.223. The highest BCUT2D eigenvalue weighted by Crippen LogP contribution is 2.31. The van der Waals surface area contributed by atoms with Crippen LogP contribution in [0.2, 0.25) is 0 Å². The lowest BCUT2D eigenvalue weighted by atomic mass is 10.0. The molecule has 0 saturated heterocycles. The van der Waals surface area contributed by atoms with E-state index in [0.717, 1.165) is 5.75 Å². The molecule has 0 fully saturated rings. The van der Waals surface area contributed by atoms with E-state index in [4.69, 9.17) is 4.74 Å². The summed E-state index contributed by atoms with van der Waals surface area (Å²) in [5.74, 6) is 1.18. The first-order valence-electron chi connectivity index (χ1n) is 11.6. The van der Waals surface area contributed by atoms with Crippen LogP contribution in [0.1, 0.15) is 77.4 Å². The van der Waals surface area contributed by atoms with E-state index in [1.807, 2.05) is 44.4 Å². The smallest absolute Gasteiger partial charge is 0.238 e. The molecule has 0 aliphatic heterocycles. The lowest BCUT2D eigenvalue weighted by Crippen LogP contribution is -2.25. The normalized spacial score (nSPS) is 13.2. The molecule has 3 aromatic rings. The van der Waals surface area contributed by atoms with Gasteiger partial charge in [0.2, 0.25) is 5.91 Å². The Hall–Kier alpha value is -2.87. The molecule has 3 rings (SSSR count). The fraction of sp³-hybridized carbons (Fsp3) is 0.423. The average molecular weight is 485 g/mol. The standard InChI is InChI=1S/C26H33FN4O2S/c1-7-23(25(32)28-22-11-9-8-10-21(22)27)34-26-30-29-24(31(26)17(4)5)18(6)33-20-14-12-19(13-15-20)16(2)3/h8-18,23H,7H2,1-6H3,(H,28,32). The summed E-state index contributed by atoms with van der Waals surface area (Å²) >= 11 is 1.33. The van der Waals surface area contributed by atoms with Gasteiger partial charge < -0.3 is 14.6 Å². The van der Waals surface area contributed by atoms with Crippen molar-refractivity contribution in [3.8, 4) is 5.75 Å². The van der Waals surface area contributed by atoms with Crippen molar-refractivity contribution in [1.82, 2.24) is 14.8 Å². The molecule has 0 saturated carbocycles. The van der Waals surface area contributed by atoms with Gasteiger partial charge in [0.05, 0.1) is 10.9 Å². The fourth-order valence-electron chi connectivity index (χ4n) is 3.54. The minimum atomic E-state index is -0.462. The number of carbonyl (C=O) groups is 1. The minimum absolute atomic E-state index is 0.0639. The number of carbonyl (C=O) groups excluding carboxylic acids is 1. The van der Waals surface area contributed by atoms with Gasteiger partial charge >= 0.3 is 0 Å². The Morgan fingerprint density at radius 2 is 1.74 bits per heavy atom. The first-order chi connectivity index (χ1) is 16.2. The number of para-hydroxylation sites is 1. The zero-order chi connectivity index (χ0) is 24.8. The van der Waals surface area contributed by atoms with Crippen LogP contribution < -0.4 is 10.1 Å². The van der Waals surface area contributed by atoms with Gasteiger partial charge in [0.25, 0.3) is 0 Å². The number of rotatable bonds is 10. The minimum Gasteiger partial charge on any atom is -0.483 e. The Morgan fingerprint density at radius 1 is 1.06 bits per heavy atom. The molecule has 6 nitrogen and oxygen atoms in total. The van der Waals surface area contributed by atoms with E-state index in [-0.39, 0.29) is 23.7 Å². The largest absolute Gasteiger partial charge is 0.483 e. The topological polar surface area (TPSA) is 69.0 Å². The first kappa shape index (κ1) is 25.7. The summed E-state index contributed by atoms with van der Waals surface area (Å²) in [7, 11) is 0. The predicted octanol–water partition coefficient (Wildman–Crippen LogP) is 6.77. The number of anilines is 1.